The summed E-state index contributed by atoms with van der Waals surface area (Å²) in [6, 6.07) is 0. The summed E-state index contributed by atoms with van der Waals surface area (Å²) < 4.78 is 0. The molecule has 0 saturated heterocycles. The Kier molecular flexibility index (Phi) is 10.2. The number of allylic oxidation sites excluding steroid dienone is 4. The van der Waals surface area contributed by atoms with Crippen LogP contribution in [0.4, 0.5) is 0 Å². The lowest BCUT2D eigenvalue weighted by atomic mass is 9.94. The summed E-state index contributed by atoms with van der Waals surface area (Å²) in [4.78, 5) is 36.4. The second-order valence-corrected chi connectivity index (χ2v) is 7.77. The summed E-state index contributed by atoms with van der Waals surface area (Å²) in [5.74, 6) is -2.18. The van der Waals surface area contributed by atoms with Crippen molar-refractivity contribution in [3.8, 4) is 0 Å². The predicted octanol–water partition coefficient (Wildman–Crippen LogP) is 0.626. The van der Waals surface area contributed by atoms with Crippen molar-refractivity contribution in [2.45, 2.75) is 25.7 Å². The van der Waals surface area contributed by atoms with E-state index in [1.165, 1.54) is 25.7 Å². The minimum atomic E-state index is -1.82. The Labute approximate surface area is 174 Å². The Balaban J connectivity index is 0.000000205. The first-order valence-electron chi connectivity index (χ1n) is 9.78. The number of nitrogens with two attached hydrogens (primary N) is 2. The number of hydrogen-bond acceptors (Lipinski definition) is 6. The molecular weight excluding hydrogens is 396 g/mol. The second kappa shape index (κ2) is 12.1. The van der Waals surface area contributed by atoms with Gasteiger partial charge in [-0.25, -0.2) is 19.2 Å². The topological polar surface area (TPSA) is 201 Å². The fourth-order valence-electron chi connectivity index (χ4n) is 4.33. The highest BCUT2D eigenvalue weighted by Crippen LogP contribution is 2.43. The molecule has 6 atom stereocenters. The molecule has 0 aromatic rings. The maximum absolute atomic E-state index is 9.10. The van der Waals surface area contributed by atoms with Gasteiger partial charge in [0.05, 0.1) is 0 Å². The largest absolute Gasteiger partial charge is 0.473 e. The number of carboxylic acid groups (broad SMARTS) is 4. The van der Waals surface area contributed by atoms with Gasteiger partial charge in [-0.3, -0.25) is 0 Å². The smallest absolute Gasteiger partial charge is 0.414 e. The van der Waals surface area contributed by atoms with E-state index in [9.17, 15) is 0 Å². The molecule has 0 radical (unpaired) electrons. The first kappa shape index (κ1) is 25.3. The normalized spacial score (nSPS) is 30.9. The minimum absolute atomic E-state index is 0.819. The second-order valence-electron chi connectivity index (χ2n) is 7.77. The molecule has 2 fully saturated rings. The van der Waals surface area contributed by atoms with Gasteiger partial charge >= 0.3 is 23.9 Å². The van der Waals surface area contributed by atoms with Crippen LogP contribution in [-0.2, 0) is 19.2 Å². The van der Waals surface area contributed by atoms with Gasteiger partial charge in [-0.15, -0.1) is 0 Å². The SMILES string of the molecule is NC[C@@H]1C[C@H]2C=C[C@@H]1C2.NC[C@H]1C[C@@H]2C=C[C@H]1C2.O=C(O)C(=O)O.O=C(O)C(=O)O. The first-order valence-corrected chi connectivity index (χ1v) is 9.78. The average molecular weight is 426 g/mol. The van der Waals surface area contributed by atoms with Crippen LogP contribution in [0.25, 0.3) is 0 Å². The Morgan fingerprint density at radius 2 is 0.900 bits per heavy atom. The third kappa shape index (κ3) is 7.96. The number of fused-ring (bicyclic) bond motifs is 4. The van der Waals surface area contributed by atoms with E-state index in [4.69, 9.17) is 51.1 Å². The molecule has 4 aliphatic carbocycles. The van der Waals surface area contributed by atoms with E-state index in [0.717, 1.165) is 48.6 Å². The van der Waals surface area contributed by atoms with E-state index in [2.05, 4.69) is 24.3 Å². The molecule has 0 spiro atoms. The molecule has 30 heavy (non-hydrogen) atoms. The van der Waals surface area contributed by atoms with Gasteiger partial charge in [-0.05, 0) is 74.3 Å². The minimum Gasteiger partial charge on any atom is -0.473 e. The van der Waals surface area contributed by atoms with Crippen molar-refractivity contribution in [2.24, 2.45) is 47.0 Å². The molecule has 0 aromatic heterocycles. The summed E-state index contributed by atoms with van der Waals surface area (Å²) >= 11 is 0. The van der Waals surface area contributed by atoms with Crippen molar-refractivity contribution in [2.75, 3.05) is 13.1 Å². The zero-order valence-electron chi connectivity index (χ0n) is 16.6. The number of aliphatic carboxylic acids is 4. The summed E-state index contributed by atoms with van der Waals surface area (Å²) in [6.45, 7) is 1.79. The van der Waals surface area contributed by atoms with Crippen LogP contribution in [0.15, 0.2) is 24.3 Å². The van der Waals surface area contributed by atoms with E-state index >= 15 is 0 Å². The van der Waals surface area contributed by atoms with Gasteiger partial charge in [-0.2, -0.15) is 0 Å². The van der Waals surface area contributed by atoms with Crippen molar-refractivity contribution >= 4 is 23.9 Å². The number of carboxylic acids is 4. The van der Waals surface area contributed by atoms with E-state index < -0.39 is 23.9 Å². The summed E-state index contributed by atoms with van der Waals surface area (Å²) in [6.07, 6.45) is 14.9. The van der Waals surface area contributed by atoms with Crippen LogP contribution >= 0.6 is 0 Å². The lowest BCUT2D eigenvalue weighted by Crippen LogP contribution is -2.17. The molecule has 10 heteroatoms. The Morgan fingerprint density at radius 3 is 1.00 bits per heavy atom. The van der Waals surface area contributed by atoms with Crippen LogP contribution in [0.2, 0.25) is 0 Å². The van der Waals surface area contributed by atoms with E-state index in [1.807, 2.05) is 0 Å². The standard InChI is InChI=1S/2C8H13N.2C2H2O4/c2*9-5-8-4-6-1-2-7(8)3-6;2*3-1(4)2(5)6/h2*1-2,6-8H,3-5,9H2;2*(H,3,4)(H,5,6)/t2*6-,7+,8-;;/m10../s1. The summed E-state index contributed by atoms with van der Waals surface area (Å²) in [7, 11) is 0. The number of hydrogen-bond donors (Lipinski definition) is 6. The lowest BCUT2D eigenvalue weighted by molar-refractivity contribution is -0.159. The van der Waals surface area contributed by atoms with Crippen LogP contribution in [0.1, 0.15) is 25.7 Å². The molecule has 4 rings (SSSR count). The Bertz CT molecular complexity index is 608. The highest BCUT2D eigenvalue weighted by molar-refractivity contribution is 6.27. The van der Waals surface area contributed by atoms with Crippen molar-refractivity contribution in [3.05, 3.63) is 24.3 Å². The fraction of sp³-hybridized carbons (Fsp3) is 0.600. The average Bonchev–Trinajstić information content (AvgIpc) is 3.49. The molecule has 10 nitrogen and oxygen atoms in total. The molecule has 4 aliphatic rings. The maximum Gasteiger partial charge on any atom is 0.414 e. The van der Waals surface area contributed by atoms with Gasteiger partial charge in [0.1, 0.15) is 0 Å². The first-order chi connectivity index (χ1) is 14.1. The highest BCUT2D eigenvalue weighted by atomic mass is 16.4. The van der Waals surface area contributed by atoms with E-state index in [0.29, 0.717) is 0 Å². The van der Waals surface area contributed by atoms with Crippen molar-refractivity contribution < 1.29 is 39.6 Å². The van der Waals surface area contributed by atoms with Crippen LogP contribution in [0.3, 0.4) is 0 Å². The zero-order valence-corrected chi connectivity index (χ0v) is 16.6. The molecule has 0 aromatic carbocycles. The molecule has 0 heterocycles. The predicted molar refractivity (Wildman–Crippen MR) is 106 cm³/mol. The molecule has 0 unspecified atom stereocenters. The third-order valence-corrected chi connectivity index (χ3v) is 5.80. The summed E-state index contributed by atoms with van der Waals surface area (Å²) in [5, 5.41) is 29.6. The lowest BCUT2D eigenvalue weighted by Gasteiger charge is -2.14. The Morgan fingerprint density at radius 1 is 0.600 bits per heavy atom. The number of carbonyl (C=O) groups is 4. The van der Waals surface area contributed by atoms with E-state index in [-0.39, 0.29) is 0 Å². The van der Waals surface area contributed by atoms with Gasteiger partial charge < -0.3 is 31.9 Å². The van der Waals surface area contributed by atoms with Crippen LogP contribution < -0.4 is 11.5 Å². The van der Waals surface area contributed by atoms with Gasteiger partial charge in [0.2, 0.25) is 0 Å². The van der Waals surface area contributed by atoms with Crippen LogP contribution in [-0.4, -0.2) is 57.4 Å². The summed E-state index contributed by atoms with van der Waals surface area (Å²) in [5.41, 5.74) is 11.2. The molecule has 8 N–H and O–H groups in total. The third-order valence-electron chi connectivity index (χ3n) is 5.80. The van der Waals surface area contributed by atoms with Crippen molar-refractivity contribution in [1.82, 2.24) is 0 Å². The van der Waals surface area contributed by atoms with Gasteiger partial charge in [0.25, 0.3) is 0 Å². The molecule has 0 amide bonds. The van der Waals surface area contributed by atoms with Crippen LogP contribution in [0, 0.1) is 35.5 Å². The molecule has 168 valence electrons. The highest BCUT2D eigenvalue weighted by Gasteiger charge is 2.34. The van der Waals surface area contributed by atoms with Gasteiger partial charge in [-0.1, -0.05) is 24.3 Å². The fourth-order valence-corrected chi connectivity index (χ4v) is 4.33. The zero-order chi connectivity index (χ0) is 22.8. The quantitative estimate of drug-likeness (QED) is 0.268. The van der Waals surface area contributed by atoms with Crippen molar-refractivity contribution in [3.63, 3.8) is 0 Å². The van der Waals surface area contributed by atoms with E-state index in [1.54, 1.807) is 0 Å². The molecular formula is C20H30N2O8. The van der Waals surface area contributed by atoms with Gasteiger partial charge in [0, 0.05) is 0 Å². The van der Waals surface area contributed by atoms with Crippen LogP contribution in [0.5, 0.6) is 0 Å². The maximum atomic E-state index is 9.10. The Hall–Kier alpha value is -2.72. The number of rotatable bonds is 2. The monoisotopic (exact) mass is 426 g/mol. The van der Waals surface area contributed by atoms with Crippen molar-refractivity contribution in [1.29, 1.82) is 0 Å². The molecule has 4 bridgehead atoms. The van der Waals surface area contributed by atoms with Gasteiger partial charge in [0.15, 0.2) is 0 Å². The molecule has 0 aliphatic heterocycles. The molecule has 2 saturated carbocycles.